The molecule has 0 aliphatic carbocycles. The third-order valence-corrected chi connectivity index (χ3v) is 2.83. The van der Waals surface area contributed by atoms with Gasteiger partial charge in [0.15, 0.2) is 0 Å². The fourth-order valence-electron chi connectivity index (χ4n) is 1.60. The number of benzene rings is 1. The number of aryl methyl sites for hydroxylation is 1. The van der Waals surface area contributed by atoms with Crippen LogP contribution in [0.25, 0.3) is 10.9 Å². The maximum atomic E-state index is 12.5. The fourth-order valence-corrected chi connectivity index (χ4v) is 1.85. The molecule has 0 unspecified atom stereocenters. The Bertz CT molecular complexity index is 563. The van der Waals surface area contributed by atoms with Gasteiger partial charge in [-0.25, -0.2) is 4.98 Å². The molecule has 2 rings (SSSR count). The van der Waals surface area contributed by atoms with Gasteiger partial charge in [-0.1, -0.05) is 24.6 Å². The van der Waals surface area contributed by atoms with Crippen molar-refractivity contribution >= 4 is 22.5 Å². The molecule has 0 aliphatic rings. The zero-order valence-corrected chi connectivity index (χ0v) is 9.73. The van der Waals surface area contributed by atoms with Crippen molar-refractivity contribution in [3.63, 3.8) is 0 Å². The van der Waals surface area contributed by atoms with E-state index in [2.05, 4.69) is 4.98 Å². The van der Waals surface area contributed by atoms with E-state index in [0.29, 0.717) is 5.39 Å². The molecule has 1 aromatic carbocycles. The number of hydrogen-bond acceptors (Lipinski definition) is 1. The predicted octanol–water partition coefficient (Wildman–Crippen LogP) is 4.47. The van der Waals surface area contributed by atoms with Crippen molar-refractivity contribution in [2.45, 2.75) is 19.5 Å². The van der Waals surface area contributed by atoms with Crippen LogP contribution in [0.15, 0.2) is 24.3 Å². The van der Waals surface area contributed by atoms with Crippen LogP contribution in [0, 0.1) is 0 Å². The van der Waals surface area contributed by atoms with E-state index in [1.54, 1.807) is 18.2 Å². The van der Waals surface area contributed by atoms with Gasteiger partial charge in [0.2, 0.25) is 0 Å². The van der Waals surface area contributed by atoms with Gasteiger partial charge in [0.1, 0.15) is 5.69 Å². The average Bonchev–Trinajstić information content (AvgIpc) is 2.27. The molecule has 90 valence electrons. The number of rotatable bonds is 1. The molecule has 0 spiro atoms. The molecular formula is C12H9ClF3N. The van der Waals surface area contributed by atoms with E-state index in [9.17, 15) is 13.2 Å². The van der Waals surface area contributed by atoms with Crippen LogP contribution in [-0.2, 0) is 12.6 Å². The second-order valence-corrected chi connectivity index (χ2v) is 4.10. The predicted molar refractivity (Wildman–Crippen MR) is 61.1 cm³/mol. The molecule has 1 nitrogen and oxygen atoms in total. The maximum absolute atomic E-state index is 12.5. The van der Waals surface area contributed by atoms with E-state index in [1.807, 2.05) is 6.92 Å². The van der Waals surface area contributed by atoms with Crippen molar-refractivity contribution in [1.82, 2.24) is 4.98 Å². The number of halogens is 4. The Morgan fingerprint density at radius 1 is 1.24 bits per heavy atom. The van der Waals surface area contributed by atoms with Gasteiger partial charge < -0.3 is 0 Å². The van der Waals surface area contributed by atoms with Crippen molar-refractivity contribution in [1.29, 1.82) is 0 Å². The number of nitrogens with zero attached hydrogens (tertiary/aromatic N) is 1. The van der Waals surface area contributed by atoms with Crippen molar-refractivity contribution in [3.8, 4) is 0 Å². The van der Waals surface area contributed by atoms with Gasteiger partial charge >= 0.3 is 6.18 Å². The van der Waals surface area contributed by atoms with Crippen LogP contribution in [0.2, 0.25) is 5.02 Å². The normalized spacial score (nSPS) is 12.1. The van der Waals surface area contributed by atoms with E-state index < -0.39 is 11.9 Å². The van der Waals surface area contributed by atoms with Gasteiger partial charge in [0.05, 0.1) is 10.5 Å². The SMILES string of the molecule is CCc1ccc2nc(C(F)(F)F)cc(Cl)c2c1. The van der Waals surface area contributed by atoms with E-state index in [4.69, 9.17) is 11.6 Å². The average molecular weight is 260 g/mol. The highest BCUT2D eigenvalue weighted by Gasteiger charge is 2.33. The molecule has 0 N–H and O–H groups in total. The number of aromatic nitrogens is 1. The quantitative estimate of drug-likeness (QED) is 0.736. The molecule has 5 heteroatoms. The molecule has 17 heavy (non-hydrogen) atoms. The lowest BCUT2D eigenvalue weighted by molar-refractivity contribution is -0.140. The lowest BCUT2D eigenvalue weighted by Crippen LogP contribution is -2.08. The highest BCUT2D eigenvalue weighted by molar-refractivity contribution is 6.35. The van der Waals surface area contributed by atoms with Crippen LogP contribution in [0.1, 0.15) is 18.2 Å². The molecule has 0 saturated heterocycles. The van der Waals surface area contributed by atoms with Gasteiger partial charge in [-0.05, 0) is 30.2 Å². The van der Waals surface area contributed by atoms with Crippen molar-refractivity contribution in [2.75, 3.05) is 0 Å². The summed E-state index contributed by atoms with van der Waals surface area (Å²) >= 11 is 5.86. The minimum atomic E-state index is -4.47. The maximum Gasteiger partial charge on any atom is 0.433 e. The summed E-state index contributed by atoms with van der Waals surface area (Å²) in [5, 5.41) is 0.636. The highest BCUT2D eigenvalue weighted by Crippen LogP contribution is 2.33. The third-order valence-electron chi connectivity index (χ3n) is 2.52. The van der Waals surface area contributed by atoms with Gasteiger partial charge in [-0.15, -0.1) is 0 Å². The zero-order valence-electron chi connectivity index (χ0n) is 8.98. The minimum absolute atomic E-state index is 0.0811. The Hall–Kier alpha value is -1.29. The largest absolute Gasteiger partial charge is 0.433 e. The molecule has 0 aliphatic heterocycles. The summed E-state index contributed by atoms with van der Waals surface area (Å²) in [4.78, 5) is 3.57. The molecule has 0 amide bonds. The monoisotopic (exact) mass is 259 g/mol. The fraction of sp³-hybridized carbons (Fsp3) is 0.250. The molecule has 0 radical (unpaired) electrons. The Kier molecular flexibility index (Phi) is 3.00. The third kappa shape index (κ3) is 2.36. The minimum Gasteiger partial charge on any atom is -0.243 e. The Balaban J connectivity index is 2.68. The zero-order chi connectivity index (χ0) is 12.6. The van der Waals surface area contributed by atoms with Crippen LogP contribution < -0.4 is 0 Å². The van der Waals surface area contributed by atoms with Gasteiger partial charge in [0.25, 0.3) is 0 Å². The first-order valence-electron chi connectivity index (χ1n) is 5.08. The highest BCUT2D eigenvalue weighted by atomic mass is 35.5. The summed E-state index contributed by atoms with van der Waals surface area (Å²) in [6.07, 6.45) is -3.67. The Morgan fingerprint density at radius 3 is 2.53 bits per heavy atom. The van der Waals surface area contributed by atoms with Gasteiger partial charge in [0, 0.05) is 5.39 Å². The van der Waals surface area contributed by atoms with E-state index >= 15 is 0 Å². The number of pyridine rings is 1. The summed E-state index contributed by atoms with van der Waals surface area (Å²) in [7, 11) is 0. The first kappa shape index (κ1) is 12.2. The number of fused-ring (bicyclic) bond motifs is 1. The molecule has 1 heterocycles. The van der Waals surface area contributed by atoms with E-state index in [1.165, 1.54) is 0 Å². The summed E-state index contributed by atoms with van der Waals surface area (Å²) < 4.78 is 37.6. The lowest BCUT2D eigenvalue weighted by atomic mass is 10.1. The van der Waals surface area contributed by atoms with Crippen LogP contribution >= 0.6 is 11.6 Å². The van der Waals surface area contributed by atoms with Crippen LogP contribution in [0.3, 0.4) is 0 Å². The smallest absolute Gasteiger partial charge is 0.243 e. The molecule has 0 fully saturated rings. The first-order valence-corrected chi connectivity index (χ1v) is 5.46. The number of alkyl halides is 3. The first-order chi connectivity index (χ1) is 7.91. The molecule has 0 atom stereocenters. The molecule has 2 aromatic rings. The molecular weight excluding hydrogens is 251 g/mol. The van der Waals surface area contributed by atoms with Crippen LogP contribution in [0.5, 0.6) is 0 Å². The van der Waals surface area contributed by atoms with Crippen LogP contribution in [-0.4, -0.2) is 4.98 Å². The lowest BCUT2D eigenvalue weighted by Gasteiger charge is -2.09. The van der Waals surface area contributed by atoms with E-state index in [0.717, 1.165) is 18.1 Å². The molecule has 1 aromatic heterocycles. The molecule has 0 saturated carbocycles. The van der Waals surface area contributed by atoms with Crippen molar-refractivity contribution < 1.29 is 13.2 Å². The Morgan fingerprint density at radius 2 is 1.94 bits per heavy atom. The Labute approximate surface area is 101 Å². The summed E-state index contributed by atoms with van der Waals surface area (Å²) in [6, 6.07) is 5.95. The molecule has 0 bridgehead atoms. The topological polar surface area (TPSA) is 12.9 Å². The van der Waals surface area contributed by atoms with Crippen LogP contribution in [0.4, 0.5) is 13.2 Å². The van der Waals surface area contributed by atoms with E-state index in [-0.39, 0.29) is 10.5 Å². The standard InChI is InChI=1S/C12H9ClF3N/c1-2-7-3-4-10-8(5-7)9(13)6-11(17-10)12(14,15)16/h3-6H,2H2,1H3. The summed E-state index contributed by atoms with van der Waals surface area (Å²) in [5.41, 5.74) is 0.322. The van der Waals surface area contributed by atoms with Crippen molar-refractivity contribution in [3.05, 3.63) is 40.5 Å². The summed E-state index contributed by atoms with van der Waals surface area (Å²) in [5.74, 6) is 0. The van der Waals surface area contributed by atoms with Gasteiger partial charge in [-0.3, -0.25) is 0 Å². The second-order valence-electron chi connectivity index (χ2n) is 3.69. The number of hydrogen-bond donors (Lipinski definition) is 0. The van der Waals surface area contributed by atoms with Gasteiger partial charge in [-0.2, -0.15) is 13.2 Å². The van der Waals surface area contributed by atoms with Crippen molar-refractivity contribution in [2.24, 2.45) is 0 Å². The second kappa shape index (κ2) is 4.18. The summed E-state index contributed by atoms with van der Waals surface area (Å²) in [6.45, 7) is 1.96.